The Balaban J connectivity index is 2.19. The molecule has 0 saturated heterocycles. The van der Waals surface area contributed by atoms with E-state index in [0.717, 1.165) is 5.69 Å². The first-order chi connectivity index (χ1) is 5.88. The molecule has 0 amide bonds. The van der Waals surface area contributed by atoms with Gasteiger partial charge in [-0.2, -0.15) is 0 Å². The fourth-order valence-electron chi connectivity index (χ4n) is 1.75. The highest BCUT2D eigenvalue weighted by molar-refractivity contribution is 9.09. The van der Waals surface area contributed by atoms with E-state index >= 15 is 0 Å². The van der Waals surface area contributed by atoms with Gasteiger partial charge < -0.3 is 0 Å². The average molecular weight is 227 g/mol. The first kappa shape index (κ1) is 8.17. The van der Waals surface area contributed by atoms with Crippen LogP contribution in [0.5, 0.6) is 0 Å². The van der Waals surface area contributed by atoms with Gasteiger partial charge in [0.15, 0.2) is 0 Å². The largest absolute Gasteiger partial charge is 0.261 e. The Bertz CT molecular complexity index is 250. The highest BCUT2D eigenvalue weighted by Crippen LogP contribution is 2.37. The van der Waals surface area contributed by atoms with Crippen LogP contribution in [-0.2, 0) is 0 Å². The molecule has 1 aromatic rings. The SMILES string of the molecule is BrC1CCCC1c1cnccn1. The van der Waals surface area contributed by atoms with Crippen molar-refractivity contribution in [2.24, 2.45) is 0 Å². The van der Waals surface area contributed by atoms with Crippen LogP contribution in [0.3, 0.4) is 0 Å². The van der Waals surface area contributed by atoms with E-state index < -0.39 is 0 Å². The molecular formula is C9H11BrN2. The van der Waals surface area contributed by atoms with Gasteiger partial charge in [-0.1, -0.05) is 22.4 Å². The maximum Gasteiger partial charge on any atom is 0.0628 e. The third-order valence-corrected chi connectivity index (χ3v) is 3.49. The van der Waals surface area contributed by atoms with Gasteiger partial charge in [-0.3, -0.25) is 9.97 Å². The zero-order valence-electron chi connectivity index (χ0n) is 6.78. The maximum atomic E-state index is 4.32. The third-order valence-electron chi connectivity index (χ3n) is 2.39. The Morgan fingerprint density at radius 2 is 2.25 bits per heavy atom. The predicted octanol–water partition coefficient (Wildman–Crippen LogP) is 2.51. The molecule has 2 atom stereocenters. The van der Waals surface area contributed by atoms with E-state index in [4.69, 9.17) is 0 Å². The first-order valence-corrected chi connectivity index (χ1v) is 5.19. The van der Waals surface area contributed by atoms with Crippen LogP contribution in [0.25, 0.3) is 0 Å². The van der Waals surface area contributed by atoms with Crippen molar-refractivity contribution in [1.29, 1.82) is 0 Å². The molecular weight excluding hydrogens is 216 g/mol. The fraction of sp³-hybridized carbons (Fsp3) is 0.556. The Morgan fingerprint density at radius 1 is 1.33 bits per heavy atom. The number of hydrogen-bond donors (Lipinski definition) is 0. The Hall–Kier alpha value is -0.440. The van der Waals surface area contributed by atoms with Crippen molar-refractivity contribution >= 4 is 15.9 Å². The van der Waals surface area contributed by atoms with Crippen LogP contribution in [0.2, 0.25) is 0 Å². The molecule has 64 valence electrons. The van der Waals surface area contributed by atoms with Crippen LogP contribution in [0.15, 0.2) is 18.6 Å². The molecule has 2 unspecified atom stereocenters. The molecule has 1 saturated carbocycles. The zero-order valence-corrected chi connectivity index (χ0v) is 8.37. The summed E-state index contributed by atoms with van der Waals surface area (Å²) in [6, 6.07) is 0. The van der Waals surface area contributed by atoms with E-state index in [2.05, 4.69) is 25.9 Å². The standard InChI is InChI=1S/C9H11BrN2/c10-8-3-1-2-7(8)9-6-11-4-5-12-9/h4-8H,1-3H2. The van der Waals surface area contributed by atoms with Crippen molar-refractivity contribution in [3.63, 3.8) is 0 Å². The lowest BCUT2D eigenvalue weighted by Gasteiger charge is -2.11. The number of rotatable bonds is 1. The minimum absolute atomic E-state index is 0.582. The van der Waals surface area contributed by atoms with Crippen molar-refractivity contribution in [2.45, 2.75) is 30.0 Å². The number of aromatic nitrogens is 2. The highest BCUT2D eigenvalue weighted by Gasteiger charge is 2.27. The number of halogens is 1. The summed E-state index contributed by atoms with van der Waals surface area (Å²) in [5, 5.41) is 0. The van der Waals surface area contributed by atoms with Crippen molar-refractivity contribution in [3.05, 3.63) is 24.3 Å². The third kappa shape index (κ3) is 1.51. The first-order valence-electron chi connectivity index (χ1n) is 4.28. The van der Waals surface area contributed by atoms with Gasteiger partial charge in [-0.05, 0) is 12.8 Å². The molecule has 1 fully saturated rings. The summed E-state index contributed by atoms with van der Waals surface area (Å²) < 4.78 is 0. The smallest absolute Gasteiger partial charge is 0.0628 e. The molecule has 1 aromatic heterocycles. The van der Waals surface area contributed by atoms with Gasteiger partial charge in [-0.15, -0.1) is 0 Å². The van der Waals surface area contributed by atoms with E-state index in [1.54, 1.807) is 12.4 Å². The molecule has 0 radical (unpaired) electrons. The number of hydrogen-bond acceptors (Lipinski definition) is 2. The molecule has 1 aliphatic rings. The van der Waals surface area contributed by atoms with Crippen LogP contribution in [0, 0.1) is 0 Å². The van der Waals surface area contributed by atoms with Gasteiger partial charge in [0, 0.05) is 29.3 Å². The number of nitrogens with zero attached hydrogens (tertiary/aromatic N) is 2. The van der Waals surface area contributed by atoms with Crippen LogP contribution in [-0.4, -0.2) is 14.8 Å². The fourth-order valence-corrected chi connectivity index (χ4v) is 2.61. The van der Waals surface area contributed by atoms with E-state index in [-0.39, 0.29) is 0 Å². The molecule has 0 N–H and O–H groups in total. The van der Waals surface area contributed by atoms with Crippen molar-refractivity contribution in [1.82, 2.24) is 9.97 Å². The minimum Gasteiger partial charge on any atom is -0.261 e. The summed E-state index contributed by atoms with van der Waals surface area (Å²) >= 11 is 3.67. The van der Waals surface area contributed by atoms with Crippen molar-refractivity contribution in [2.75, 3.05) is 0 Å². The molecule has 2 rings (SSSR count). The minimum atomic E-state index is 0.582. The summed E-state index contributed by atoms with van der Waals surface area (Å²) in [4.78, 5) is 9.00. The molecule has 2 nitrogen and oxygen atoms in total. The maximum absolute atomic E-state index is 4.32. The van der Waals surface area contributed by atoms with Gasteiger partial charge in [0.2, 0.25) is 0 Å². The normalized spacial score (nSPS) is 29.1. The summed E-state index contributed by atoms with van der Waals surface area (Å²) in [5.74, 6) is 0.582. The van der Waals surface area contributed by atoms with Crippen LogP contribution < -0.4 is 0 Å². The molecule has 0 spiro atoms. The topological polar surface area (TPSA) is 25.8 Å². The molecule has 1 aliphatic carbocycles. The summed E-state index contributed by atoms with van der Waals surface area (Å²) in [6.45, 7) is 0. The molecule has 0 bridgehead atoms. The van der Waals surface area contributed by atoms with E-state index in [1.165, 1.54) is 19.3 Å². The summed E-state index contributed by atoms with van der Waals surface area (Å²) in [7, 11) is 0. The van der Waals surface area contributed by atoms with E-state index in [1.807, 2.05) is 6.20 Å². The molecule has 0 aliphatic heterocycles. The monoisotopic (exact) mass is 226 g/mol. The lowest BCUT2D eigenvalue weighted by molar-refractivity contribution is 0.710. The lowest BCUT2D eigenvalue weighted by atomic mass is 10.1. The van der Waals surface area contributed by atoms with Gasteiger partial charge >= 0.3 is 0 Å². The van der Waals surface area contributed by atoms with Gasteiger partial charge in [0.05, 0.1) is 5.69 Å². The molecule has 1 heterocycles. The second kappa shape index (κ2) is 3.52. The van der Waals surface area contributed by atoms with E-state index in [0.29, 0.717) is 10.7 Å². The summed E-state index contributed by atoms with van der Waals surface area (Å²) in [5.41, 5.74) is 1.14. The Kier molecular flexibility index (Phi) is 2.40. The molecule has 12 heavy (non-hydrogen) atoms. The van der Waals surface area contributed by atoms with Gasteiger partial charge in [0.1, 0.15) is 0 Å². The lowest BCUT2D eigenvalue weighted by Crippen LogP contribution is -2.06. The zero-order chi connectivity index (χ0) is 8.39. The Labute approximate surface area is 80.6 Å². The Morgan fingerprint density at radius 3 is 2.83 bits per heavy atom. The molecule has 3 heteroatoms. The van der Waals surface area contributed by atoms with Gasteiger partial charge in [0.25, 0.3) is 0 Å². The second-order valence-electron chi connectivity index (χ2n) is 3.18. The number of alkyl halides is 1. The predicted molar refractivity (Wildman–Crippen MR) is 51.3 cm³/mol. The molecule has 0 aromatic carbocycles. The summed E-state index contributed by atoms with van der Waals surface area (Å²) in [6.07, 6.45) is 9.19. The average Bonchev–Trinajstić information content (AvgIpc) is 2.53. The van der Waals surface area contributed by atoms with E-state index in [9.17, 15) is 0 Å². The van der Waals surface area contributed by atoms with Crippen molar-refractivity contribution in [3.8, 4) is 0 Å². The van der Waals surface area contributed by atoms with Crippen LogP contribution in [0.4, 0.5) is 0 Å². The second-order valence-corrected chi connectivity index (χ2v) is 4.36. The van der Waals surface area contributed by atoms with Gasteiger partial charge in [-0.25, -0.2) is 0 Å². The van der Waals surface area contributed by atoms with Crippen molar-refractivity contribution < 1.29 is 0 Å². The quantitative estimate of drug-likeness (QED) is 0.689. The van der Waals surface area contributed by atoms with Crippen LogP contribution >= 0.6 is 15.9 Å². The highest BCUT2D eigenvalue weighted by atomic mass is 79.9. The van der Waals surface area contributed by atoms with Crippen LogP contribution in [0.1, 0.15) is 30.9 Å².